The fourth-order valence-electron chi connectivity index (χ4n) is 1.72. The Labute approximate surface area is 92.0 Å². The number of nitrogens with zero attached hydrogens (tertiary/aromatic N) is 2. The molecule has 1 saturated heterocycles. The van der Waals surface area contributed by atoms with Crippen molar-refractivity contribution in [2.45, 2.75) is 23.3 Å². The smallest absolute Gasteiger partial charge is 0.0543 e. The first kappa shape index (κ1) is 9.45. The van der Waals surface area contributed by atoms with E-state index in [9.17, 15) is 0 Å². The normalized spacial score (nSPS) is 19.2. The van der Waals surface area contributed by atoms with Crippen LogP contribution in [0.15, 0.2) is 12.4 Å². The molecule has 3 nitrogen and oxygen atoms in total. The maximum absolute atomic E-state index is 4.39. The van der Waals surface area contributed by atoms with Crippen molar-refractivity contribution in [3.63, 3.8) is 0 Å². The molecule has 1 aromatic heterocycles. The molecule has 0 aliphatic carbocycles. The van der Waals surface area contributed by atoms with Crippen LogP contribution in [0.5, 0.6) is 0 Å². The van der Waals surface area contributed by atoms with Gasteiger partial charge in [0.1, 0.15) is 0 Å². The summed E-state index contributed by atoms with van der Waals surface area (Å²) < 4.78 is 3.19. The molecule has 1 aliphatic heterocycles. The van der Waals surface area contributed by atoms with Crippen molar-refractivity contribution < 1.29 is 0 Å². The summed E-state index contributed by atoms with van der Waals surface area (Å²) in [6.07, 6.45) is 6.58. The predicted molar refractivity (Wildman–Crippen MR) is 61.1 cm³/mol. The predicted octanol–water partition coefficient (Wildman–Crippen LogP) is 1.74. The minimum atomic E-state index is 0.623. The van der Waals surface area contributed by atoms with Crippen LogP contribution >= 0.6 is 22.6 Å². The fraction of sp³-hybridized carbons (Fsp3) is 0.667. The second-order valence-electron chi connectivity index (χ2n) is 3.44. The zero-order valence-electron chi connectivity index (χ0n) is 7.54. The number of aromatic nitrogens is 2. The second-order valence-corrected chi connectivity index (χ2v) is 4.21. The van der Waals surface area contributed by atoms with Gasteiger partial charge in [0.2, 0.25) is 0 Å². The van der Waals surface area contributed by atoms with Crippen LogP contribution in [0, 0.1) is 0 Å². The summed E-state index contributed by atoms with van der Waals surface area (Å²) in [6, 6.07) is 0.623. The van der Waals surface area contributed by atoms with Crippen molar-refractivity contribution >= 4 is 22.6 Å². The number of nitrogens with one attached hydrogen (secondary N) is 1. The number of hydrogen-bond donors (Lipinski definition) is 1. The summed E-state index contributed by atoms with van der Waals surface area (Å²) >= 11 is 2.37. The van der Waals surface area contributed by atoms with Gasteiger partial charge < -0.3 is 5.32 Å². The van der Waals surface area contributed by atoms with Gasteiger partial charge >= 0.3 is 0 Å². The first-order valence-corrected chi connectivity index (χ1v) is 6.22. The minimum absolute atomic E-state index is 0.623. The lowest BCUT2D eigenvalue weighted by atomic mass is 10.1. The van der Waals surface area contributed by atoms with Crippen LogP contribution in [0.2, 0.25) is 0 Å². The Morgan fingerprint density at radius 2 is 2.31 bits per heavy atom. The Bertz CT molecular complexity index is 266. The molecule has 0 saturated carbocycles. The summed E-state index contributed by atoms with van der Waals surface area (Å²) in [7, 11) is 0. The largest absolute Gasteiger partial charge is 0.317 e. The zero-order chi connectivity index (χ0) is 9.10. The molecule has 2 heterocycles. The van der Waals surface area contributed by atoms with E-state index in [0.717, 1.165) is 17.5 Å². The Balaban J connectivity index is 2.05. The molecule has 0 atom stereocenters. The Hall–Kier alpha value is -0.100. The van der Waals surface area contributed by atoms with Crippen molar-refractivity contribution in [3.05, 3.63) is 18.0 Å². The van der Waals surface area contributed by atoms with E-state index in [1.807, 2.05) is 6.20 Å². The Kier molecular flexibility index (Phi) is 3.21. The third kappa shape index (κ3) is 2.22. The van der Waals surface area contributed by atoms with Crippen molar-refractivity contribution in [2.24, 2.45) is 0 Å². The number of alkyl halides is 1. The average molecular weight is 291 g/mol. The van der Waals surface area contributed by atoms with Gasteiger partial charge in [-0.25, -0.2) is 0 Å². The monoisotopic (exact) mass is 291 g/mol. The lowest BCUT2D eigenvalue weighted by Crippen LogP contribution is -2.29. The molecule has 4 heteroatoms. The van der Waals surface area contributed by atoms with Gasteiger partial charge in [0.05, 0.1) is 12.2 Å². The third-order valence-electron chi connectivity index (χ3n) is 2.49. The molecule has 0 bridgehead atoms. The van der Waals surface area contributed by atoms with E-state index < -0.39 is 0 Å². The average Bonchev–Trinajstić information content (AvgIpc) is 2.67. The molecule has 1 N–H and O–H groups in total. The molecule has 0 aromatic carbocycles. The molecule has 1 fully saturated rings. The Morgan fingerprint density at radius 3 is 2.92 bits per heavy atom. The van der Waals surface area contributed by atoms with E-state index in [1.54, 1.807) is 0 Å². The topological polar surface area (TPSA) is 29.9 Å². The van der Waals surface area contributed by atoms with Gasteiger partial charge in [0.15, 0.2) is 0 Å². The van der Waals surface area contributed by atoms with Crippen LogP contribution in [-0.4, -0.2) is 22.9 Å². The van der Waals surface area contributed by atoms with Gasteiger partial charge in [-0.05, 0) is 31.5 Å². The van der Waals surface area contributed by atoms with Crippen molar-refractivity contribution in [3.8, 4) is 0 Å². The quantitative estimate of drug-likeness (QED) is 0.664. The summed E-state index contributed by atoms with van der Waals surface area (Å²) in [5.74, 6) is 0. The lowest BCUT2D eigenvalue weighted by Gasteiger charge is -2.22. The lowest BCUT2D eigenvalue weighted by molar-refractivity contribution is 0.343. The number of rotatable bonds is 2. The Morgan fingerprint density at radius 1 is 1.54 bits per heavy atom. The molecule has 72 valence electrons. The molecular weight excluding hydrogens is 277 g/mol. The van der Waals surface area contributed by atoms with Gasteiger partial charge in [-0.15, -0.1) is 0 Å². The molecule has 0 amide bonds. The highest BCUT2D eigenvalue weighted by atomic mass is 127. The van der Waals surface area contributed by atoms with Crippen molar-refractivity contribution in [1.29, 1.82) is 0 Å². The van der Waals surface area contributed by atoms with Gasteiger partial charge in [-0.2, -0.15) is 5.10 Å². The van der Waals surface area contributed by atoms with E-state index in [1.165, 1.54) is 18.4 Å². The molecular formula is C9H14IN3. The molecule has 0 radical (unpaired) electrons. The third-order valence-corrected chi connectivity index (χ3v) is 3.37. The number of piperidine rings is 1. The highest BCUT2D eigenvalue weighted by molar-refractivity contribution is 14.1. The molecule has 0 spiro atoms. The summed E-state index contributed by atoms with van der Waals surface area (Å²) in [5.41, 5.74) is 1.33. The van der Waals surface area contributed by atoms with E-state index in [0.29, 0.717) is 6.04 Å². The van der Waals surface area contributed by atoms with E-state index in [-0.39, 0.29) is 0 Å². The second kappa shape index (κ2) is 4.41. The van der Waals surface area contributed by atoms with Gasteiger partial charge in [0.25, 0.3) is 0 Å². The van der Waals surface area contributed by atoms with Crippen LogP contribution in [0.25, 0.3) is 0 Å². The molecule has 0 unspecified atom stereocenters. The highest BCUT2D eigenvalue weighted by Gasteiger charge is 2.15. The maximum atomic E-state index is 4.39. The minimum Gasteiger partial charge on any atom is -0.317 e. The van der Waals surface area contributed by atoms with E-state index in [4.69, 9.17) is 0 Å². The summed E-state index contributed by atoms with van der Waals surface area (Å²) in [5, 5.41) is 7.76. The maximum Gasteiger partial charge on any atom is 0.0543 e. The number of hydrogen-bond acceptors (Lipinski definition) is 2. The SMILES string of the molecule is ICc1cnn(C2CCNCC2)c1. The van der Waals surface area contributed by atoms with Crippen LogP contribution in [0.4, 0.5) is 0 Å². The molecule has 1 aromatic rings. The standard InChI is InChI=1S/C9H14IN3/c10-5-8-6-12-13(7-8)9-1-3-11-4-2-9/h6-7,9,11H,1-5H2. The first-order chi connectivity index (χ1) is 6.40. The summed E-state index contributed by atoms with van der Waals surface area (Å²) in [4.78, 5) is 0. The fourth-order valence-corrected chi connectivity index (χ4v) is 2.11. The number of halogens is 1. The molecule has 13 heavy (non-hydrogen) atoms. The van der Waals surface area contributed by atoms with E-state index >= 15 is 0 Å². The van der Waals surface area contributed by atoms with Gasteiger partial charge in [-0.3, -0.25) is 4.68 Å². The van der Waals surface area contributed by atoms with Crippen LogP contribution in [0.1, 0.15) is 24.4 Å². The van der Waals surface area contributed by atoms with Gasteiger partial charge in [-0.1, -0.05) is 22.6 Å². The van der Waals surface area contributed by atoms with Crippen LogP contribution < -0.4 is 5.32 Å². The first-order valence-electron chi connectivity index (χ1n) is 4.70. The van der Waals surface area contributed by atoms with E-state index in [2.05, 4.69) is 43.9 Å². The highest BCUT2D eigenvalue weighted by Crippen LogP contribution is 2.18. The van der Waals surface area contributed by atoms with Crippen molar-refractivity contribution in [1.82, 2.24) is 15.1 Å². The van der Waals surface area contributed by atoms with Crippen molar-refractivity contribution in [2.75, 3.05) is 13.1 Å². The summed E-state index contributed by atoms with van der Waals surface area (Å²) in [6.45, 7) is 2.26. The zero-order valence-corrected chi connectivity index (χ0v) is 9.70. The van der Waals surface area contributed by atoms with Gasteiger partial charge in [0, 0.05) is 10.6 Å². The van der Waals surface area contributed by atoms with Crippen LogP contribution in [0.3, 0.4) is 0 Å². The molecule has 2 rings (SSSR count). The van der Waals surface area contributed by atoms with Crippen LogP contribution in [-0.2, 0) is 4.43 Å². The molecule has 1 aliphatic rings.